The van der Waals surface area contributed by atoms with Gasteiger partial charge in [0.2, 0.25) is 5.91 Å². The Bertz CT molecular complexity index is 479. The van der Waals surface area contributed by atoms with Crippen molar-refractivity contribution in [3.05, 3.63) is 22.7 Å². The molecule has 1 aromatic rings. The minimum Gasteiger partial charge on any atom is -0.486 e. The highest BCUT2D eigenvalue weighted by Gasteiger charge is 2.18. The summed E-state index contributed by atoms with van der Waals surface area (Å²) in [6.45, 7) is 1.04. The topological polar surface area (TPSA) is 87.6 Å². The quantitative estimate of drug-likeness (QED) is 0.862. The fraction of sp³-hybridized carbons (Fsp3) is 0.462. The molecule has 1 atom stereocenters. The van der Waals surface area contributed by atoms with Gasteiger partial charge in [0.15, 0.2) is 11.5 Å². The highest BCUT2D eigenvalue weighted by molar-refractivity contribution is 6.31. The molecule has 0 radical (unpaired) electrons. The molecule has 6 heteroatoms. The second-order valence-electron chi connectivity index (χ2n) is 4.48. The van der Waals surface area contributed by atoms with Crippen molar-refractivity contribution in [1.82, 2.24) is 0 Å². The Hall–Kier alpha value is -1.46. The molecule has 1 aromatic carbocycles. The molecule has 2 rings (SSSR count). The first-order chi connectivity index (χ1) is 9.08. The van der Waals surface area contributed by atoms with Crippen LogP contribution >= 0.6 is 11.6 Å². The fourth-order valence-corrected chi connectivity index (χ4v) is 2.31. The number of halogens is 1. The number of hydrogen-bond donors (Lipinski definition) is 2. The van der Waals surface area contributed by atoms with E-state index in [1.807, 2.05) is 6.07 Å². The van der Waals surface area contributed by atoms with Crippen LogP contribution in [0.25, 0.3) is 0 Å². The molecule has 0 saturated heterocycles. The van der Waals surface area contributed by atoms with Gasteiger partial charge < -0.3 is 20.9 Å². The Morgan fingerprint density at radius 1 is 1.32 bits per heavy atom. The highest BCUT2D eigenvalue weighted by atomic mass is 35.5. The maximum atomic E-state index is 10.7. The Morgan fingerprint density at radius 3 is 2.58 bits per heavy atom. The van der Waals surface area contributed by atoms with Gasteiger partial charge >= 0.3 is 0 Å². The third kappa shape index (κ3) is 3.52. The average Bonchev–Trinajstić information content (AvgIpc) is 2.37. The summed E-state index contributed by atoms with van der Waals surface area (Å²) in [5.74, 6) is 0.987. The molecular formula is C13H17ClN2O3. The summed E-state index contributed by atoms with van der Waals surface area (Å²) in [5.41, 5.74) is 12.0. The van der Waals surface area contributed by atoms with Crippen LogP contribution in [0, 0.1) is 0 Å². The molecule has 1 unspecified atom stereocenters. The zero-order chi connectivity index (χ0) is 13.8. The number of ether oxygens (including phenoxy) is 2. The van der Waals surface area contributed by atoms with Crippen LogP contribution in [0.1, 0.15) is 30.9 Å². The number of hydrogen-bond acceptors (Lipinski definition) is 4. The number of carbonyl (C=O) groups excluding carboxylic acids is 1. The monoisotopic (exact) mass is 284 g/mol. The number of fused-ring (bicyclic) bond motifs is 1. The summed E-state index contributed by atoms with van der Waals surface area (Å²) in [6.07, 6.45) is 1.61. The van der Waals surface area contributed by atoms with Crippen LogP contribution < -0.4 is 20.9 Å². The summed E-state index contributed by atoms with van der Waals surface area (Å²) in [7, 11) is 0. The van der Waals surface area contributed by atoms with Crippen molar-refractivity contribution in [2.45, 2.75) is 25.3 Å². The van der Waals surface area contributed by atoms with Crippen molar-refractivity contribution >= 4 is 17.5 Å². The number of nitrogens with two attached hydrogens (primary N) is 2. The maximum Gasteiger partial charge on any atom is 0.217 e. The molecule has 19 heavy (non-hydrogen) atoms. The van der Waals surface area contributed by atoms with Crippen LogP contribution in [0.5, 0.6) is 11.5 Å². The molecule has 0 fully saturated rings. The van der Waals surface area contributed by atoms with Gasteiger partial charge in [-0.15, -0.1) is 0 Å². The number of rotatable bonds is 5. The lowest BCUT2D eigenvalue weighted by Crippen LogP contribution is -2.17. The third-order valence-electron chi connectivity index (χ3n) is 3.00. The molecular weight excluding hydrogens is 268 g/mol. The van der Waals surface area contributed by atoms with Crippen molar-refractivity contribution in [2.75, 3.05) is 13.2 Å². The van der Waals surface area contributed by atoms with E-state index in [-0.39, 0.29) is 11.9 Å². The van der Waals surface area contributed by atoms with Gasteiger partial charge in [0, 0.05) is 23.6 Å². The van der Waals surface area contributed by atoms with E-state index in [0.29, 0.717) is 49.0 Å². The van der Waals surface area contributed by atoms with Crippen molar-refractivity contribution in [3.63, 3.8) is 0 Å². The van der Waals surface area contributed by atoms with Crippen molar-refractivity contribution in [1.29, 1.82) is 0 Å². The van der Waals surface area contributed by atoms with Crippen LogP contribution in [0.15, 0.2) is 12.1 Å². The number of amides is 1. The first-order valence-corrected chi connectivity index (χ1v) is 6.58. The van der Waals surface area contributed by atoms with Crippen LogP contribution in [-0.4, -0.2) is 19.1 Å². The zero-order valence-corrected chi connectivity index (χ0v) is 11.3. The van der Waals surface area contributed by atoms with Gasteiger partial charge in [-0.25, -0.2) is 0 Å². The van der Waals surface area contributed by atoms with Gasteiger partial charge in [-0.05, 0) is 24.5 Å². The Balaban J connectivity index is 2.08. The molecule has 104 valence electrons. The molecule has 5 nitrogen and oxygen atoms in total. The fourth-order valence-electron chi connectivity index (χ4n) is 2.02. The largest absolute Gasteiger partial charge is 0.486 e. The maximum absolute atomic E-state index is 10.7. The van der Waals surface area contributed by atoms with E-state index in [1.165, 1.54) is 0 Å². The van der Waals surface area contributed by atoms with Crippen LogP contribution in [0.3, 0.4) is 0 Å². The van der Waals surface area contributed by atoms with Gasteiger partial charge in [0.05, 0.1) is 0 Å². The normalized spacial score (nSPS) is 15.1. The molecule has 4 N–H and O–H groups in total. The molecule has 1 aliphatic rings. The minimum atomic E-state index is -0.319. The van der Waals surface area contributed by atoms with E-state index in [0.717, 1.165) is 5.56 Å². The summed E-state index contributed by atoms with van der Waals surface area (Å²) < 4.78 is 10.9. The van der Waals surface area contributed by atoms with Crippen LogP contribution in [0.4, 0.5) is 0 Å². The molecule has 0 aliphatic carbocycles. The van der Waals surface area contributed by atoms with Crippen LogP contribution in [0.2, 0.25) is 5.02 Å². The summed E-state index contributed by atoms with van der Waals surface area (Å²) >= 11 is 6.19. The Kier molecular flexibility index (Phi) is 4.50. The van der Waals surface area contributed by atoms with Gasteiger partial charge in [-0.1, -0.05) is 11.6 Å². The highest BCUT2D eigenvalue weighted by Crippen LogP contribution is 2.38. The molecule has 0 aromatic heterocycles. The molecule has 1 heterocycles. The van der Waals surface area contributed by atoms with Crippen molar-refractivity contribution in [2.24, 2.45) is 11.5 Å². The van der Waals surface area contributed by atoms with E-state index >= 15 is 0 Å². The lowest BCUT2D eigenvalue weighted by molar-refractivity contribution is -0.118. The first kappa shape index (κ1) is 14.0. The SMILES string of the molecule is NC(=O)CCCC(N)c1cc2c(cc1Cl)OCCO2. The standard InChI is InChI=1S/C13H17ClN2O3/c14-9-7-12-11(18-4-5-19-12)6-8(9)10(15)2-1-3-13(16)17/h6-7,10H,1-5,15H2,(H2,16,17). The lowest BCUT2D eigenvalue weighted by Gasteiger charge is -2.21. The zero-order valence-electron chi connectivity index (χ0n) is 10.5. The van der Waals surface area contributed by atoms with Crippen molar-refractivity contribution < 1.29 is 14.3 Å². The molecule has 1 aliphatic heterocycles. The van der Waals surface area contributed by atoms with E-state index in [1.54, 1.807) is 6.07 Å². The van der Waals surface area contributed by atoms with E-state index in [9.17, 15) is 4.79 Å². The van der Waals surface area contributed by atoms with Gasteiger partial charge in [-0.3, -0.25) is 4.79 Å². The minimum absolute atomic E-state index is 0.248. The molecule has 0 bridgehead atoms. The summed E-state index contributed by atoms with van der Waals surface area (Å²) in [6, 6.07) is 3.29. The van der Waals surface area contributed by atoms with Gasteiger partial charge in [-0.2, -0.15) is 0 Å². The van der Waals surface area contributed by atoms with Crippen LogP contribution in [-0.2, 0) is 4.79 Å². The van der Waals surface area contributed by atoms with Gasteiger partial charge in [0.25, 0.3) is 0 Å². The van der Waals surface area contributed by atoms with E-state index < -0.39 is 0 Å². The lowest BCUT2D eigenvalue weighted by atomic mass is 10.0. The van der Waals surface area contributed by atoms with Crippen molar-refractivity contribution in [3.8, 4) is 11.5 Å². The first-order valence-electron chi connectivity index (χ1n) is 6.21. The van der Waals surface area contributed by atoms with E-state index in [2.05, 4.69) is 0 Å². The molecule has 0 saturated carbocycles. The van der Waals surface area contributed by atoms with Gasteiger partial charge in [0.1, 0.15) is 13.2 Å². The summed E-state index contributed by atoms with van der Waals surface area (Å²) in [4.78, 5) is 10.7. The Labute approximate surface area is 116 Å². The molecule has 1 amide bonds. The third-order valence-corrected chi connectivity index (χ3v) is 3.33. The second kappa shape index (κ2) is 6.12. The number of primary amides is 1. The molecule has 0 spiro atoms. The number of carbonyl (C=O) groups is 1. The average molecular weight is 285 g/mol. The second-order valence-corrected chi connectivity index (χ2v) is 4.89. The number of benzene rings is 1. The summed E-state index contributed by atoms with van der Waals surface area (Å²) in [5, 5.41) is 0.552. The predicted octanol–water partition coefficient (Wildman–Crippen LogP) is 1.77. The Morgan fingerprint density at radius 2 is 1.95 bits per heavy atom. The van der Waals surface area contributed by atoms with E-state index in [4.69, 9.17) is 32.5 Å². The predicted molar refractivity (Wildman–Crippen MR) is 72.4 cm³/mol. The smallest absolute Gasteiger partial charge is 0.217 e.